The van der Waals surface area contributed by atoms with Gasteiger partial charge in [-0.2, -0.15) is 9.78 Å². The number of ether oxygens (including phenoxy) is 2. The summed E-state index contributed by atoms with van der Waals surface area (Å²) in [6.07, 6.45) is 4.19. The molecule has 4 heterocycles. The first-order chi connectivity index (χ1) is 19.3. The molecular weight excluding hydrogens is 519 g/mol. The normalized spacial score (nSPS) is 17.0. The number of imidazole rings is 1. The van der Waals surface area contributed by atoms with E-state index in [0.29, 0.717) is 24.2 Å². The molecule has 13 heteroatoms. The second-order valence-electron chi connectivity index (χ2n) is 10.2. The molecular formula is C27H29FN8O4. The summed E-state index contributed by atoms with van der Waals surface area (Å²) in [6.45, 7) is 3.58. The van der Waals surface area contributed by atoms with Crippen LogP contribution in [-0.4, -0.2) is 111 Å². The number of nitrogens with zero attached hydrogens (tertiary/aromatic N) is 7. The maximum atomic E-state index is 16.2. The second kappa shape index (κ2) is 10.2. The molecule has 0 radical (unpaired) electrons. The van der Waals surface area contributed by atoms with Crippen LogP contribution < -0.4 is 9.47 Å². The Bertz CT molecular complexity index is 1590. The molecule has 1 fully saturated rings. The zero-order valence-electron chi connectivity index (χ0n) is 22.4. The third-order valence-corrected chi connectivity index (χ3v) is 7.30. The number of fused-ring (bicyclic) bond motifs is 3. The number of aryl methyl sites for hydroxylation is 1. The van der Waals surface area contributed by atoms with Crippen LogP contribution in [0.5, 0.6) is 11.5 Å². The van der Waals surface area contributed by atoms with Gasteiger partial charge < -0.3 is 29.2 Å². The molecule has 1 saturated heterocycles. The van der Waals surface area contributed by atoms with Gasteiger partial charge in [0, 0.05) is 31.7 Å². The fourth-order valence-corrected chi connectivity index (χ4v) is 5.26. The molecule has 0 spiro atoms. The van der Waals surface area contributed by atoms with Crippen LogP contribution in [0.25, 0.3) is 22.2 Å². The summed E-state index contributed by atoms with van der Waals surface area (Å²) in [6, 6.07) is 4.22. The average Bonchev–Trinajstić information content (AvgIpc) is 3.62. The highest BCUT2D eigenvalue weighted by atomic mass is 19.1. The molecule has 2 aromatic heterocycles. The van der Waals surface area contributed by atoms with Crippen molar-refractivity contribution < 1.29 is 23.5 Å². The van der Waals surface area contributed by atoms with E-state index in [-0.39, 0.29) is 60.9 Å². The van der Waals surface area contributed by atoms with Gasteiger partial charge in [0.15, 0.2) is 11.5 Å². The van der Waals surface area contributed by atoms with Crippen LogP contribution in [0.15, 0.2) is 37.2 Å². The molecule has 6 rings (SSSR count). The number of piperazine rings is 1. The predicted octanol–water partition coefficient (Wildman–Crippen LogP) is 2.40. The van der Waals surface area contributed by atoms with Crippen LogP contribution in [0, 0.1) is 12.7 Å². The molecule has 1 atom stereocenters. The monoisotopic (exact) mass is 548 g/mol. The van der Waals surface area contributed by atoms with E-state index < -0.39 is 11.9 Å². The van der Waals surface area contributed by atoms with Crippen molar-refractivity contribution in [2.75, 3.05) is 53.5 Å². The Kier molecular flexibility index (Phi) is 6.58. The van der Waals surface area contributed by atoms with E-state index in [1.165, 1.54) is 18.7 Å². The lowest BCUT2D eigenvalue weighted by Crippen LogP contribution is -2.58. The number of aromatic amines is 1. The van der Waals surface area contributed by atoms with E-state index in [2.05, 4.69) is 20.1 Å². The number of halogens is 1. The maximum absolute atomic E-state index is 16.2. The number of amides is 2. The van der Waals surface area contributed by atoms with Crippen molar-refractivity contribution in [3.63, 3.8) is 0 Å². The SMILES string of the molecule is Cc1ccc2[nH]cnc2c1-c1c(F)cc2c(c1OCCN(C)C)OCC1CN(C(=O)n3cncn3)CCN1C2=O. The van der Waals surface area contributed by atoms with Crippen molar-refractivity contribution in [1.82, 2.24) is 39.4 Å². The van der Waals surface area contributed by atoms with Gasteiger partial charge >= 0.3 is 6.03 Å². The summed E-state index contributed by atoms with van der Waals surface area (Å²) in [5, 5.41) is 3.92. The standard InChI is InChI=1S/C27H29FN8O4/c1-16-4-5-20-23(31-14-30-20)21(16)22-19(28)10-18-24(25(22)39-9-8-33(2)3)40-12-17-11-34(6-7-35(17)26(18)37)27(38)36-15-29-13-32-36/h4-5,10,13-15,17H,6-9,11-12H2,1-3H3,(H,30,31). The summed E-state index contributed by atoms with van der Waals surface area (Å²) in [5.74, 6) is -0.620. The summed E-state index contributed by atoms with van der Waals surface area (Å²) in [7, 11) is 3.82. The Morgan fingerprint density at radius 3 is 2.90 bits per heavy atom. The largest absolute Gasteiger partial charge is 0.488 e. The lowest BCUT2D eigenvalue weighted by atomic mass is 9.95. The van der Waals surface area contributed by atoms with Gasteiger partial charge in [-0.25, -0.2) is 19.2 Å². The molecule has 208 valence electrons. The minimum absolute atomic E-state index is 0.0894. The van der Waals surface area contributed by atoms with Crippen molar-refractivity contribution >= 4 is 23.0 Å². The predicted molar refractivity (Wildman–Crippen MR) is 143 cm³/mol. The van der Waals surface area contributed by atoms with E-state index in [9.17, 15) is 9.59 Å². The molecule has 0 bridgehead atoms. The van der Waals surface area contributed by atoms with Crippen LogP contribution >= 0.6 is 0 Å². The molecule has 2 amide bonds. The first kappa shape index (κ1) is 25.7. The lowest BCUT2D eigenvalue weighted by Gasteiger charge is -2.39. The number of benzene rings is 2. The van der Waals surface area contributed by atoms with Crippen LogP contribution in [0.3, 0.4) is 0 Å². The highest BCUT2D eigenvalue weighted by Gasteiger charge is 2.40. The van der Waals surface area contributed by atoms with E-state index in [1.807, 2.05) is 38.1 Å². The fraction of sp³-hybridized carbons (Fsp3) is 0.370. The zero-order chi connectivity index (χ0) is 28.0. The third-order valence-electron chi connectivity index (χ3n) is 7.30. The lowest BCUT2D eigenvalue weighted by molar-refractivity contribution is 0.0451. The molecule has 4 aromatic rings. The van der Waals surface area contributed by atoms with E-state index in [4.69, 9.17) is 9.47 Å². The first-order valence-electron chi connectivity index (χ1n) is 13.0. The van der Waals surface area contributed by atoms with Crippen LogP contribution in [0.2, 0.25) is 0 Å². The van der Waals surface area contributed by atoms with Gasteiger partial charge in [0.05, 0.1) is 34.5 Å². The molecule has 2 aliphatic heterocycles. The number of aromatic nitrogens is 5. The van der Waals surface area contributed by atoms with Crippen LogP contribution in [-0.2, 0) is 0 Å². The highest BCUT2D eigenvalue weighted by Crippen LogP contribution is 2.47. The summed E-state index contributed by atoms with van der Waals surface area (Å²) < 4.78 is 29.8. The summed E-state index contributed by atoms with van der Waals surface area (Å²) in [5.41, 5.74) is 3.00. The van der Waals surface area contributed by atoms with E-state index >= 15 is 4.39 Å². The Morgan fingerprint density at radius 1 is 1.27 bits per heavy atom. The van der Waals surface area contributed by atoms with Gasteiger partial charge in [-0.15, -0.1) is 0 Å². The second-order valence-corrected chi connectivity index (χ2v) is 10.2. The van der Waals surface area contributed by atoms with Gasteiger partial charge in [0.1, 0.15) is 31.7 Å². The van der Waals surface area contributed by atoms with Gasteiger partial charge in [-0.1, -0.05) is 6.07 Å². The number of likely N-dealkylation sites (N-methyl/N-ethyl adjacent to an activating group) is 1. The van der Waals surface area contributed by atoms with E-state index in [0.717, 1.165) is 15.8 Å². The minimum atomic E-state index is -0.604. The Morgan fingerprint density at radius 2 is 2.12 bits per heavy atom. The number of carbonyl (C=O) groups excluding carboxylic acids is 2. The number of hydrogen-bond donors (Lipinski definition) is 1. The summed E-state index contributed by atoms with van der Waals surface area (Å²) in [4.78, 5) is 43.2. The number of nitrogens with one attached hydrogen (secondary N) is 1. The Balaban J connectivity index is 1.42. The zero-order valence-corrected chi connectivity index (χ0v) is 22.4. The molecule has 0 saturated carbocycles. The highest BCUT2D eigenvalue weighted by molar-refractivity contribution is 6.02. The minimum Gasteiger partial charge on any atom is -0.488 e. The molecule has 1 unspecified atom stereocenters. The first-order valence-corrected chi connectivity index (χ1v) is 13.0. The van der Waals surface area contributed by atoms with Gasteiger partial charge in [-0.05, 0) is 38.7 Å². The third kappa shape index (κ3) is 4.41. The molecule has 1 N–H and O–H groups in total. The van der Waals surface area contributed by atoms with Gasteiger partial charge in [0.25, 0.3) is 5.91 Å². The van der Waals surface area contributed by atoms with Gasteiger partial charge in [0.2, 0.25) is 0 Å². The van der Waals surface area contributed by atoms with Crippen molar-refractivity contribution in [1.29, 1.82) is 0 Å². The molecule has 40 heavy (non-hydrogen) atoms. The van der Waals surface area contributed by atoms with E-state index in [1.54, 1.807) is 16.1 Å². The Hall–Kier alpha value is -4.52. The number of rotatable bonds is 5. The fourth-order valence-electron chi connectivity index (χ4n) is 5.26. The van der Waals surface area contributed by atoms with Crippen LogP contribution in [0.1, 0.15) is 15.9 Å². The molecule has 0 aliphatic carbocycles. The van der Waals surface area contributed by atoms with Crippen molar-refractivity contribution in [3.8, 4) is 22.6 Å². The smallest absolute Gasteiger partial charge is 0.346 e. The average molecular weight is 549 g/mol. The van der Waals surface area contributed by atoms with Crippen molar-refractivity contribution in [2.45, 2.75) is 13.0 Å². The van der Waals surface area contributed by atoms with Crippen molar-refractivity contribution in [2.24, 2.45) is 0 Å². The number of hydrogen-bond acceptors (Lipinski definition) is 8. The molecule has 2 aromatic carbocycles. The Labute approximate surface area is 229 Å². The number of H-pyrrole nitrogens is 1. The summed E-state index contributed by atoms with van der Waals surface area (Å²) >= 11 is 0. The number of carbonyl (C=O) groups is 2. The quantitative estimate of drug-likeness (QED) is 0.404. The van der Waals surface area contributed by atoms with Gasteiger partial charge in [-0.3, -0.25) is 4.79 Å². The van der Waals surface area contributed by atoms with Crippen LogP contribution in [0.4, 0.5) is 9.18 Å². The molecule has 12 nitrogen and oxygen atoms in total. The van der Waals surface area contributed by atoms with Crippen molar-refractivity contribution in [3.05, 3.63) is 54.1 Å². The topological polar surface area (TPSA) is 122 Å². The maximum Gasteiger partial charge on any atom is 0.346 e. The molecule has 2 aliphatic rings.